The maximum atomic E-state index is 11.6. The number of pyridine rings is 1. The molecule has 74 valence electrons. The zero-order valence-corrected chi connectivity index (χ0v) is 8.19. The average molecular weight is 191 g/mol. The summed E-state index contributed by atoms with van der Waals surface area (Å²) in [6.07, 6.45) is 4.46. The van der Waals surface area contributed by atoms with Gasteiger partial charge in [-0.15, -0.1) is 0 Å². The predicted molar refractivity (Wildman–Crippen MR) is 53.5 cm³/mol. The van der Waals surface area contributed by atoms with Gasteiger partial charge < -0.3 is 0 Å². The molecule has 0 N–H and O–H groups in total. The van der Waals surface area contributed by atoms with E-state index in [1.54, 1.807) is 12.1 Å². The molecule has 1 aromatic rings. The third kappa shape index (κ3) is 2.49. The number of nitrogens with zero attached hydrogens (tertiary/aromatic N) is 1. The molecule has 0 aromatic carbocycles. The maximum absolute atomic E-state index is 11.6. The van der Waals surface area contributed by atoms with E-state index in [-0.39, 0.29) is 11.5 Å². The van der Waals surface area contributed by atoms with Crippen LogP contribution < -0.4 is 0 Å². The average Bonchev–Trinajstić information content (AvgIpc) is 2.25. The highest BCUT2D eigenvalue weighted by Gasteiger charge is 2.10. The lowest BCUT2D eigenvalue weighted by Crippen LogP contribution is -2.04. The topological polar surface area (TPSA) is 47.0 Å². The van der Waals surface area contributed by atoms with E-state index < -0.39 is 0 Å². The van der Waals surface area contributed by atoms with E-state index in [4.69, 9.17) is 0 Å². The molecule has 0 aliphatic rings. The van der Waals surface area contributed by atoms with Crippen LogP contribution in [0.4, 0.5) is 0 Å². The Morgan fingerprint density at radius 3 is 3.00 bits per heavy atom. The van der Waals surface area contributed by atoms with Crippen molar-refractivity contribution in [2.45, 2.75) is 26.2 Å². The molecule has 0 atom stereocenters. The molecule has 14 heavy (non-hydrogen) atoms. The summed E-state index contributed by atoms with van der Waals surface area (Å²) in [6.45, 7) is 2.02. The van der Waals surface area contributed by atoms with E-state index in [9.17, 15) is 9.59 Å². The van der Waals surface area contributed by atoms with Gasteiger partial charge in [0.2, 0.25) is 0 Å². The molecular formula is C11H13NO2. The molecule has 0 saturated carbocycles. The molecule has 0 aliphatic carbocycles. The lowest BCUT2D eigenvalue weighted by molar-refractivity contribution is 0.0972. The monoisotopic (exact) mass is 191 g/mol. The molecule has 0 unspecified atom stereocenters. The molecule has 0 aliphatic heterocycles. The van der Waals surface area contributed by atoms with E-state index in [1.807, 2.05) is 6.92 Å². The van der Waals surface area contributed by atoms with Gasteiger partial charge in [-0.05, 0) is 18.6 Å². The fourth-order valence-electron chi connectivity index (χ4n) is 1.22. The van der Waals surface area contributed by atoms with Crippen molar-refractivity contribution in [1.82, 2.24) is 4.98 Å². The zero-order chi connectivity index (χ0) is 10.4. The molecule has 1 rings (SSSR count). The van der Waals surface area contributed by atoms with Crippen molar-refractivity contribution in [2.24, 2.45) is 0 Å². The highest BCUT2D eigenvalue weighted by atomic mass is 16.1. The van der Waals surface area contributed by atoms with Crippen molar-refractivity contribution in [1.29, 1.82) is 0 Å². The van der Waals surface area contributed by atoms with Crippen LogP contribution in [0, 0.1) is 0 Å². The van der Waals surface area contributed by atoms with Gasteiger partial charge in [0.1, 0.15) is 5.69 Å². The van der Waals surface area contributed by atoms with E-state index in [1.165, 1.54) is 6.20 Å². The fourth-order valence-corrected chi connectivity index (χ4v) is 1.22. The van der Waals surface area contributed by atoms with Crippen molar-refractivity contribution in [3.05, 3.63) is 29.6 Å². The normalized spacial score (nSPS) is 9.79. The van der Waals surface area contributed by atoms with Gasteiger partial charge in [-0.25, -0.2) is 0 Å². The number of unbranched alkanes of at least 4 members (excludes halogenated alkanes) is 1. The van der Waals surface area contributed by atoms with Crippen LogP contribution in [-0.4, -0.2) is 17.1 Å². The predicted octanol–water partition coefficient (Wildman–Crippen LogP) is 2.27. The molecule has 1 aromatic heterocycles. The Morgan fingerprint density at radius 2 is 2.36 bits per heavy atom. The fraction of sp³-hybridized carbons (Fsp3) is 0.364. The second kappa shape index (κ2) is 5.27. The number of ketones is 1. The standard InChI is InChI=1S/C11H13NO2/c1-2-3-6-11(14)9-5-4-7-12-10(9)8-13/h4-5,7-8H,2-3,6H2,1H3. The van der Waals surface area contributed by atoms with Gasteiger partial charge >= 0.3 is 0 Å². The van der Waals surface area contributed by atoms with Crippen LogP contribution in [0.2, 0.25) is 0 Å². The van der Waals surface area contributed by atoms with Crippen LogP contribution in [0.1, 0.15) is 47.0 Å². The number of aromatic nitrogens is 1. The first-order chi connectivity index (χ1) is 6.79. The minimum Gasteiger partial charge on any atom is -0.296 e. The first-order valence-corrected chi connectivity index (χ1v) is 4.73. The van der Waals surface area contributed by atoms with Crippen LogP contribution in [0.3, 0.4) is 0 Å². The molecule has 1 heterocycles. The van der Waals surface area contributed by atoms with Gasteiger partial charge in [0.15, 0.2) is 12.1 Å². The van der Waals surface area contributed by atoms with Gasteiger partial charge in [-0.2, -0.15) is 0 Å². The third-order valence-corrected chi connectivity index (χ3v) is 2.01. The highest BCUT2D eigenvalue weighted by molar-refractivity contribution is 6.01. The van der Waals surface area contributed by atoms with Crippen molar-refractivity contribution in [2.75, 3.05) is 0 Å². The van der Waals surface area contributed by atoms with Crippen LogP contribution in [0.15, 0.2) is 18.3 Å². The summed E-state index contributed by atoms with van der Waals surface area (Å²) in [5.41, 5.74) is 0.685. The van der Waals surface area contributed by atoms with E-state index in [0.29, 0.717) is 18.3 Å². The molecule has 3 heteroatoms. The Labute approximate surface area is 83.2 Å². The summed E-state index contributed by atoms with van der Waals surface area (Å²) in [5, 5.41) is 0. The third-order valence-electron chi connectivity index (χ3n) is 2.01. The Hall–Kier alpha value is -1.51. The Kier molecular flexibility index (Phi) is 3.98. The summed E-state index contributed by atoms with van der Waals surface area (Å²) in [7, 11) is 0. The summed E-state index contributed by atoms with van der Waals surface area (Å²) >= 11 is 0. The summed E-state index contributed by atoms with van der Waals surface area (Å²) in [4.78, 5) is 26.0. The molecule has 0 spiro atoms. The van der Waals surface area contributed by atoms with Crippen molar-refractivity contribution in [3.63, 3.8) is 0 Å². The van der Waals surface area contributed by atoms with Crippen LogP contribution in [0.5, 0.6) is 0 Å². The zero-order valence-electron chi connectivity index (χ0n) is 8.19. The number of carbonyl (C=O) groups is 2. The van der Waals surface area contributed by atoms with Gasteiger partial charge in [0.25, 0.3) is 0 Å². The van der Waals surface area contributed by atoms with Gasteiger partial charge in [0, 0.05) is 18.2 Å². The summed E-state index contributed by atoms with van der Waals surface area (Å²) in [5.74, 6) is 0.00190. The van der Waals surface area contributed by atoms with Crippen molar-refractivity contribution < 1.29 is 9.59 Å². The van der Waals surface area contributed by atoms with Crippen LogP contribution >= 0.6 is 0 Å². The Balaban J connectivity index is 2.83. The Bertz CT molecular complexity index is 334. The number of hydrogen-bond donors (Lipinski definition) is 0. The quantitative estimate of drug-likeness (QED) is 0.529. The largest absolute Gasteiger partial charge is 0.296 e. The summed E-state index contributed by atoms with van der Waals surface area (Å²) < 4.78 is 0. The van der Waals surface area contributed by atoms with Crippen LogP contribution in [0.25, 0.3) is 0 Å². The molecule has 0 bridgehead atoms. The first-order valence-electron chi connectivity index (χ1n) is 4.73. The minimum absolute atomic E-state index is 0.00190. The van der Waals surface area contributed by atoms with Crippen LogP contribution in [-0.2, 0) is 0 Å². The molecule has 0 fully saturated rings. The van der Waals surface area contributed by atoms with Gasteiger partial charge in [-0.3, -0.25) is 14.6 Å². The van der Waals surface area contributed by atoms with Gasteiger partial charge in [0.05, 0.1) is 0 Å². The minimum atomic E-state index is 0.00190. The molecule has 0 saturated heterocycles. The smallest absolute Gasteiger partial charge is 0.169 e. The lowest BCUT2D eigenvalue weighted by Gasteiger charge is -2.01. The number of carbonyl (C=O) groups excluding carboxylic acids is 2. The summed E-state index contributed by atoms with van der Waals surface area (Å²) in [6, 6.07) is 3.32. The van der Waals surface area contributed by atoms with E-state index in [0.717, 1.165) is 12.8 Å². The molecule has 3 nitrogen and oxygen atoms in total. The van der Waals surface area contributed by atoms with Crippen molar-refractivity contribution >= 4 is 12.1 Å². The maximum Gasteiger partial charge on any atom is 0.169 e. The molecular weight excluding hydrogens is 178 g/mol. The molecule has 0 amide bonds. The van der Waals surface area contributed by atoms with E-state index in [2.05, 4.69) is 4.98 Å². The molecule has 0 radical (unpaired) electrons. The highest BCUT2D eigenvalue weighted by Crippen LogP contribution is 2.08. The van der Waals surface area contributed by atoms with Gasteiger partial charge in [-0.1, -0.05) is 13.3 Å². The van der Waals surface area contributed by atoms with Crippen molar-refractivity contribution in [3.8, 4) is 0 Å². The number of rotatable bonds is 5. The second-order valence-corrected chi connectivity index (χ2v) is 3.08. The lowest BCUT2D eigenvalue weighted by atomic mass is 10.0. The number of Topliss-reactive ketones (excluding diaryl/α,β-unsaturated/α-hetero) is 1. The van der Waals surface area contributed by atoms with E-state index >= 15 is 0 Å². The number of aldehydes is 1. The Morgan fingerprint density at radius 1 is 1.57 bits per heavy atom. The SMILES string of the molecule is CCCCC(=O)c1cccnc1C=O. The number of hydrogen-bond acceptors (Lipinski definition) is 3. The second-order valence-electron chi connectivity index (χ2n) is 3.08. The first kappa shape index (κ1) is 10.6.